The summed E-state index contributed by atoms with van der Waals surface area (Å²) in [5, 5.41) is 0. The molecule has 2 aliphatic heterocycles. The van der Waals surface area contributed by atoms with Crippen molar-refractivity contribution in [2.45, 2.75) is 13.0 Å². The van der Waals surface area contributed by atoms with Gasteiger partial charge in [-0.1, -0.05) is 18.2 Å². The number of ether oxygens (including phenoxy) is 3. The van der Waals surface area contributed by atoms with E-state index in [1.165, 1.54) is 0 Å². The standard InChI is InChI=1S/C21H20O6/c1-23-18-6-4-14(10-20(18)24-2)8-17-16(11-25-21(17)22)7-13-3-5-15-12-26-27-19(15)9-13/h3-6,8-10,16H,7,11-12H2,1-2H3. The van der Waals surface area contributed by atoms with Gasteiger partial charge in [-0.25, -0.2) is 4.79 Å². The van der Waals surface area contributed by atoms with E-state index in [0.717, 1.165) is 22.4 Å². The minimum absolute atomic E-state index is 0.0223. The summed E-state index contributed by atoms with van der Waals surface area (Å²) in [6.45, 7) is 0.831. The predicted octanol–water partition coefficient (Wildman–Crippen LogP) is 3.33. The zero-order chi connectivity index (χ0) is 18.8. The van der Waals surface area contributed by atoms with Crippen LogP contribution in [0.3, 0.4) is 0 Å². The molecule has 0 radical (unpaired) electrons. The molecule has 0 aliphatic carbocycles. The van der Waals surface area contributed by atoms with Gasteiger partial charge >= 0.3 is 5.97 Å². The molecule has 0 bridgehead atoms. The van der Waals surface area contributed by atoms with Gasteiger partial charge in [-0.3, -0.25) is 0 Å². The Balaban J connectivity index is 1.59. The number of hydrogen-bond acceptors (Lipinski definition) is 6. The van der Waals surface area contributed by atoms with Gasteiger partial charge < -0.3 is 19.1 Å². The normalized spacial score (nSPS) is 19.6. The molecule has 2 aliphatic rings. The summed E-state index contributed by atoms with van der Waals surface area (Å²) < 4.78 is 15.9. The fourth-order valence-electron chi connectivity index (χ4n) is 3.35. The molecule has 1 saturated heterocycles. The molecule has 6 heteroatoms. The summed E-state index contributed by atoms with van der Waals surface area (Å²) in [5.41, 5.74) is 3.61. The predicted molar refractivity (Wildman–Crippen MR) is 97.5 cm³/mol. The number of fused-ring (bicyclic) bond motifs is 1. The lowest BCUT2D eigenvalue weighted by Crippen LogP contribution is -2.07. The van der Waals surface area contributed by atoms with Crippen molar-refractivity contribution in [2.75, 3.05) is 20.8 Å². The molecule has 6 nitrogen and oxygen atoms in total. The van der Waals surface area contributed by atoms with Gasteiger partial charge in [0.25, 0.3) is 0 Å². The SMILES string of the molecule is COc1ccc(C=C2C(=O)OCC2Cc2ccc3c(c2)OOC3)cc1OC. The molecule has 1 unspecified atom stereocenters. The van der Waals surface area contributed by atoms with Gasteiger partial charge in [-0.05, 0) is 41.8 Å². The average molecular weight is 368 g/mol. The molecule has 1 atom stereocenters. The highest BCUT2D eigenvalue weighted by Gasteiger charge is 2.31. The number of hydrogen-bond donors (Lipinski definition) is 0. The second kappa shape index (κ2) is 7.32. The Morgan fingerprint density at radius 1 is 1.11 bits per heavy atom. The fourth-order valence-corrected chi connectivity index (χ4v) is 3.35. The number of cyclic esters (lactones) is 1. The summed E-state index contributed by atoms with van der Waals surface area (Å²) in [5.74, 6) is 1.70. The monoisotopic (exact) mass is 368 g/mol. The van der Waals surface area contributed by atoms with Crippen LogP contribution in [0.25, 0.3) is 6.08 Å². The first-order valence-electron chi connectivity index (χ1n) is 8.70. The Kier molecular flexibility index (Phi) is 4.73. The first-order valence-corrected chi connectivity index (χ1v) is 8.70. The molecule has 0 spiro atoms. The number of methoxy groups -OCH3 is 2. The number of benzene rings is 2. The zero-order valence-electron chi connectivity index (χ0n) is 15.2. The maximum absolute atomic E-state index is 12.3. The molecular formula is C21H20O6. The molecule has 2 heterocycles. The van der Waals surface area contributed by atoms with Gasteiger partial charge in [0.1, 0.15) is 6.61 Å². The second-order valence-electron chi connectivity index (χ2n) is 6.50. The van der Waals surface area contributed by atoms with Gasteiger partial charge in [-0.15, -0.1) is 0 Å². The van der Waals surface area contributed by atoms with Gasteiger partial charge in [0.15, 0.2) is 17.2 Å². The van der Waals surface area contributed by atoms with Crippen molar-refractivity contribution in [1.82, 2.24) is 0 Å². The third-order valence-corrected chi connectivity index (χ3v) is 4.80. The van der Waals surface area contributed by atoms with Crippen LogP contribution in [0.15, 0.2) is 42.0 Å². The molecule has 0 aromatic heterocycles. The van der Waals surface area contributed by atoms with E-state index in [9.17, 15) is 4.79 Å². The lowest BCUT2D eigenvalue weighted by atomic mass is 9.92. The van der Waals surface area contributed by atoms with Crippen molar-refractivity contribution < 1.29 is 28.8 Å². The highest BCUT2D eigenvalue weighted by molar-refractivity contribution is 5.96. The molecule has 2 aromatic carbocycles. The molecule has 140 valence electrons. The fraction of sp³-hybridized carbons (Fsp3) is 0.286. The molecule has 2 aromatic rings. The maximum atomic E-state index is 12.3. The van der Waals surface area contributed by atoms with Crippen LogP contribution < -0.4 is 14.4 Å². The first-order chi connectivity index (χ1) is 13.2. The van der Waals surface area contributed by atoms with E-state index in [-0.39, 0.29) is 11.9 Å². The van der Waals surface area contributed by atoms with Crippen LogP contribution in [-0.2, 0) is 27.4 Å². The Bertz CT molecular complexity index is 902. The lowest BCUT2D eigenvalue weighted by Gasteiger charge is -2.11. The van der Waals surface area contributed by atoms with Crippen LogP contribution in [-0.4, -0.2) is 26.8 Å². The van der Waals surface area contributed by atoms with E-state index >= 15 is 0 Å². The largest absolute Gasteiger partial charge is 0.493 e. The average Bonchev–Trinajstić information content (AvgIpc) is 3.29. The third-order valence-electron chi connectivity index (χ3n) is 4.80. The summed E-state index contributed by atoms with van der Waals surface area (Å²) in [6.07, 6.45) is 2.54. The van der Waals surface area contributed by atoms with E-state index in [2.05, 4.69) is 0 Å². The molecule has 27 heavy (non-hydrogen) atoms. The topological polar surface area (TPSA) is 63.2 Å². The molecular weight excluding hydrogens is 348 g/mol. The first kappa shape index (κ1) is 17.4. The van der Waals surface area contributed by atoms with Gasteiger partial charge in [0, 0.05) is 17.1 Å². The quantitative estimate of drug-likeness (QED) is 0.458. The highest BCUT2D eigenvalue weighted by atomic mass is 17.2. The van der Waals surface area contributed by atoms with Crippen molar-refractivity contribution in [1.29, 1.82) is 0 Å². The summed E-state index contributed by atoms with van der Waals surface area (Å²) >= 11 is 0. The molecule has 0 N–H and O–H groups in total. The molecule has 0 amide bonds. The summed E-state index contributed by atoms with van der Waals surface area (Å²) in [7, 11) is 3.17. The Hall–Kier alpha value is -2.99. The van der Waals surface area contributed by atoms with Crippen molar-refractivity contribution in [3.8, 4) is 17.2 Å². The highest BCUT2D eigenvalue weighted by Crippen LogP contribution is 2.33. The maximum Gasteiger partial charge on any atom is 0.334 e. The van der Waals surface area contributed by atoms with Crippen LogP contribution in [0.4, 0.5) is 0 Å². The summed E-state index contributed by atoms with van der Waals surface area (Å²) in [4.78, 5) is 22.4. The third kappa shape index (κ3) is 3.48. The van der Waals surface area contributed by atoms with Gasteiger partial charge in [0.05, 0.1) is 20.8 Å². The van der Waals surface area contributed by atoms with E-state index in [1.54, 1.807) is 14.2 Å². The summed E-state index contributed by atoms with van der Waals surface area (Å²) in [6, 6.07) is 11.5. The Morgan fingerprint density at radius 3 is 2.78 bits per heavy atom. The van der Waals surface area contributed by atoms with Crippen LogP contribution in [0.1, 0.15) is 16.7 Å². The number of esters is 1. The van der Waals surface area contributed by atoms with Gasteiger partial charge in [-0.2, -0.15) is 4.89 Å². The zero-order valence-corrected chi connectivity index (χ0v) is 15.2. The van der Waals surface area contributed by atoms with E-state index in [4.69, 9.17) is 24.0 Å². The minimum Gasteiger partial charge on any atom is -0.493 e. The number of carbonyl (C=O) groups excluding carboxylic acids is 1. The second-order valence-corrected chi connectivity index (χ2v) is 6.50. The van der Waals surface area contributed by atoms with Crippen LogP contribution in [0, 0.1) is 5.92 Å². The molecule has 4 rings (SSSR count). The van der Waals surface area contributed by atoms with Crippen molar-refractivity contribution in [2.24, 2.45) is 5.92 Å². The number of carbonyl (C=O) groups is 1. The Morgan fingerprint density at radius 2 is 1.96 bits per heavy atom. The van der Waals surface area contributed by atoms with Crippen LogP contribution in [0.5, 0.6) is 17.2 Å². The van der Waals surface area contributed by atoms with Crippen molar-refractivity contribution in [3.63, 3.8) is 0 Å². The lowest BCUT2D eigenvalue weighted by molar-refractivity contribution is -0.194. The van der Waals surface area contributed by atoms with Crippen molar-refractivity contribution >= 4 is 12.0 Å². The minimum atomic E-state index is -0.282. The van der Waals surface area contributed by atoms with E-state index in [0.29, 0.717) is 36.7 Å². The smallest absolute Gasteiger partial charge is 0.334 e. The Labute approximate surface area is 157 Å². The van der Waals surface area contributed by atoms with Crippen LogP contribution >= 0.6 is 0 Å². The van der Waals surface area contributed by atoms with Gasteiger partial charge in [0.2, 0.25) is 0 Å². The van der Waals surface area contributed by atoms with E-state index < -0.39 is 0 Å². The van der Waals surface area contributed by atoms with Crippen LogP contribution in [0.2, 0.25) is 0 Å². The number of rotatable bonds is 5. The molecule has 0 saturated carbocycles. The van der Waals surface area contributed by atoms with Crippen molar-refractivity contribution in [3.05, 3.63) is 58.7 Å². The molecule has 1 fully saturated rings. The van der Waals surface area contributed by atoms with E-state index in [1.807, 2.05) is 42.5 Å².